The lowest BCUT2D eigenvalue weighted by atomic mass is 9.84. The highest BCUT2D eigenvalue weighted by atomic mass is 16.4. The molecule has 1 aliphatic carbocycles. The second kappa shape index (κ2) is 8.52. The molecule has 0 spiro atoms. The molecule has 0 saturated heterocycles. The normalized spacial score (nSPS) is 17.2. The summed E-state index contributed by atoms with van der Waals surface area (Å²) in [4.78, 5) is 33.8. The second-order valence-electron chi connectivity index (χ2n) is 5.18. The van der Waals surface area contributed by atoms with Crippen LogP contribution in [-0.2, 0) is 14.4 Å². The molecule has 0 radical (unpaired) electrons. The van der Waals surface area contributed by atoms with Gasteiger partial charge in [0.15, 0.2) is 0 Å². The van der Waals surface area contributed by atoms with Gasteiger partial charge in [0, 0.05) is 0 Å². The summed E-state index contributed by atoms with van der Waals surface area (Å²) in [5.74, 6) is -1.58. The van der Waals surface area contributed by atoms with E-state index in [9.17, 15) is 14.4 Å². The van der Waals surface area contributed by atoms with Crippen molar-refractivity contribution in [1.82, 2.24) is 10.6 Å². The number of carbonyl (C=O) groups is 3. The molecule has 0 aromatic rings. The zero-order valence-electron chi connectivity index (χ0n) is 11.6. The van der Waals surface area contributed by atoms with Gasteiger partial charge in [-0.2, -0.15) is 0 Å². The Morgan fingerprint density at radius 1 is 1.20 bits per heavy atom. The number of nitrogens with two attached hydrogens (primary N) is 1. The van der Waals surface area contributed by atoms with Crippen LogP contribution in [0.15, 0.2) is 0 Å². The van der Waals surface area contributed by atoms with Crippen molar-refractivity contribution in [2.24, 2.45) is 11.7 Å². The van der Waals surface area contributed by atoms with Gasteiger partial charge in [0.25, 0.3) is 0 Å². The van der Waals surface area contributed by atoms with Crippen LogP contribution in [0.2, 0.25) is 0 Å². The number of rotatable bonds is 7. The lowest BCUT2D eigenvalue weighted by molar-refractivity contribution is -0.138. The molecule has 20 heavy (non-hydrogen) atoms. The lowest BCUT2D eigenvalue weighted by Crippen LogP contribution is -2.50. The van der Waals surface area contributed by atoms with E-state index < -0.39 is 30.4 Å². The molecule has 0 aliphatic heterocycles. The van der Waals surface area contributed by atoms with Crippen molar-refractivity contribution in [2.45, 2.75) is 44.6 Å². The topological polar surface area (TPSA) is 122 Å². The summed E-state index contributed by atoms with van der Waals surface area (Å²) in [5.41, 5.74) is 5.24. The van der Waals surface area contributed by atoms with E-state index >= 15 is 0 Å². The average molecular weight is 285 g/mol. The second-order valence-corrected chi connectivity index (χ2v) is 5.18. The number of carbonyl (C=O) groups excluding carboxylic acids is 2. The number of carboxylic acids is 1. The fraction of sp³-hybridized carbons (Fsp3) is 0.769. The number of aliphatic carboxylic acids is 1. The van der Waals surface area contributed by atoms with E-state index in [-0.39, 0.29) is 6.54 Å². The molecule has 1 atom stereocenters. The van der Waals surface area contributed by atoms with E-state index in [2.05, 4.69) is 10.6 Å². The molecule has 1 unspecified atom stereocenters. The molecular formula is C13H23N3O4. The third-order valence-electron chi connectivity index (χ3n) is 3.54. The van der Waals surface area contributed by atoms with Gasteiger partial charge in [-0.15, -0.1) is 0 Å². The van der Waals surface area contributed by atoms with Crippen molar-refractivity contribution in [2.75, 3.05) is 13.1 Å². The number of hydrogen-bond donors (Lipinski definition) is 4. The Hall–Kier alpha value is -1.63. The zero-order valence-corrected chi connectivity index (χ0v) is 11.6. The van der Waals surface area contributed by atoms with E-state index in [1.165, 1.54) is 6.42 Å². The van der Waals surface area contributed by atoms with Crippen molar-refractivity contribution < 1.29 is 19.5 Å². The van der Waals surface area contributed by atoms with Gasteiger partial charge in [0.2, 0.25) is 11.8 Å². The summed E-state index contributed by atoms with van der Waals surface area (Å²) in [7, 11) is 0. The Kier molecular flexibility index (Phi) is 7.00. The molecule has 1 saturated carbocycles. The Balaban J connectivity index is 2.55. The van der Waals surface area contributed by atoms with Gasteiger partial charge in [-0.1, -0.05) is 32.1 Å². The van der Waals surface area contributed by atoms with Crippen LogP contribution in [0.4, 0.5) is 0 Å². The van der Waals surface area contributed by atoms with Crippen LogP contribution < -0.4 is 16.4 Å². The van der Waals surface area contributed by atoms with Gasteiger partial charge in [-0.3, -0.25) is 14.4 Å². The summed E-state index contributed by atoms with van der Waals surface area (Å²) in [6.45, 7) is -0.633. The highest BCUT2D eigenvalue weighted by Gasteiger charge is 2.25. The third-order valence-corrected chi connectivity index (χ3v) is 3.54. The Morgan fingerprint density at radius 2 is 1.85 bits per heavy atom. The minimum Gasteiger partial charge on any atom is -0.480 e. The Morgan fingerprint density at radius 3 is 2.40 bits per heavy atom. The first-order valence-electron chi connectivity index (χ1n) is 7.02. The van der Waals surface area contributed by atoms with Crippen molar-refractivity contribution in [3.63, 3.8) is 0 Å². The SMILES string of the molecule is NCC(=O)NC(CC1CCCCC1)C(=O)NCC(=O)O. The zero-order chi connectivity index (χ0) is 15.0. The van der Waals surface area contributed by atoms with Crippen LogP contribution in [0.5, 0.6) is 0 Å². The highest BCUT2D eigenvalue weighted by Crippen LogP contribution is 2.27. The van der Waals surface area contributed by atoms with Crippen LogP contribution in [0.1, 0.15) is 38.5 Å². The minimum absolute atomic E-state index is 0.187. The van der Waals surface area contributed by atoms with Crippen molar-refractivity contribution in [3.8, 4) is 0 Å². The van der Waals surface area contributed by atoms with Crippen LogP contribution in [0.25, 0.3) is 0 Å². The standard InChI is InChI=1S/C13H23N3O4/c14-7-11(17)16-10(13(20)15-8-12(18)19)6-9-4-2-1-3-5-9/h9-10H,1-8,14H2,(H,15,20)(H,16,17)(H,18,19). The molecule has 0 heterocycles. The maximum atomic E-state index is 11.9. The van der Waals surface area contributed by atoms with Gasteiger partial charge in [-0.05, 0) is 12.3 Å². The maximum Gasteiger partial charge on any atom is 0.322 e. The number of amides is 2. The first-order chi connectivity index (χ1) is 9.52. The molecule has 1 rings (SSSR count). The summed E-state index contributed by atoms with van der Waals surface area (Å²) in [6, 6.07) is -0.700. The third kappa shape index (κ3) is 6.01. The molecule has 0 bridgehead atoms. The number of carboxylic acid groups (broad SMARTS) is 1. The highest BCUT2D eigenvalue weighted by molar-refractivity contribution is 5.89. The summed E-state index contributed by atoms with van der Waals surface area (Å²) >= 11 is 0. The predicted molar refractivity (Wildman–Crippen MR) is 72.8 cm³/mol. The predicted octanol–water partition coefficient (Wildman–Crippen LogP) is -0.399. The first-order valence-corrected chi connectivity index (χ1v) is 7.02. The quantitative estimate of drug-likeness (QED) is 0.507. The molecule has 0 aromatic heterocycles. The molecule has 1 fully saturated rings. The minimum atomic E-state index is -1.11. The Bertz CT molecular complexity index is 354. The van der Waals surface area contributed by atoms with Crippen LogP contribution in [-0.4, -0.2) is 42.0 Å². The smallest absolute Gasteiger partial charge is 0.322 e. The van der Waals surface area contributed by atoms with E-state index in [4.69, 9.17) is 10.8 Å². The van der Waals surface area contributed by atoms with Crippen molar-refractivity contribution in [3.05, 3.63) is 0 Å². The fourth-order valence-electron chi connectivity index (χ4n) is 2.53. The molecular weight excluding hydrogens is 262 g/mol. The summed E-state index contributed by atoms with van der Waals surface area (Å²) in [6.07, 6.45) is 6.11. The average Bonchev–Trinajstić information content (AvgIpc) is 2.44. The van der Waals surface area contributed by atoms with Gasteiger partial charge in [0.05, 0.1) is 6.54 Å². The molecule has 2 amide bonds. The number of nitrogens with one attached hydrogen (secondary N) is 2. The van der Waals surface area contributed by atoms with E-state index in [0.717, 1.165) is 25.7 Å². The maximum absolute atomic E-state index is 11.9. The summed E-state index contributed by atoms with van der Waals surface area (Å²) < 4.78 is 0. The number of hydrogen-bond acceptors (Lipinski definition) is 4. The van der Waals surface area contributed by atoms with Crippen LogP contribution in [0.3, 0.4) is 0 Å². The Labute approximate surface area is 118 Å². The fourth-order valence-corrected chi connectivity index (χ4v) is 2.53. The molecule has 1 aliphatic rings. The lowest BCUT2D eigenvalue weighted by Gasteiger charge is -2.26. The van der Waals surface area contributed by atoms with Gasteiger partial charge < -0.3 is 21.5 Å². The van der Waals surface area contributed by atoms with Gasteiger partial charge in [-0.25, -0.2) is 0 Å². The molecule has 7 nitrogen and oxygen atoms in total. The first kappa shape index (κ1) is 16.4. The monoisotopic (exact) mass is 285 g/mol. The van der Waals surface area contributed by atoms with Gasteiger partial charge in [0.1, 0.15) is 12.6 Å². The molecule has 5 N–H and O–H groups in total. The largest absolute Gasteiger partial charge is 0.480 e. The van der Waals surface area contributed by atoms with Crippen molar-refractivity contribution >= 4 is 17.8 Å². The molecule has 114 valence electrons. The van der Waals surface area contributed by atoms with E-state index in [1.807, 2.05) is 0 Å². The van der Waals surface area contributed by atoms with Gasteiger partial charge >= 0.3 is 5.97 Å². The van der Waals surface area contributed by atoms with E-state index in [0.29, 0.717) is 12.3 Å². The van der Waals surface area contributed by atoms with Crippen molar-refractivity contribution in [1.29, 1.82) is 0 Å². The van der Waals surface area contributed by atoms with Crippen LogP contribution >= 0.6 is 0 Å². The molecule has 7 heteroatoms. The summed E-state index contributed by atoms with van der Waals surface area (Å²) in [5, 5.41) is 13.4. The molecule has 0 aromatic carbocycles. The van der Waals surface area contributed by atoms with E-state index in [1.54, 1.807) is 0 Å². The van der Waals surface area contributed by atoms with Crippen LogP contribution in [0, 0.1) is 5.92 Å².